The van der Waals surface area contributed by atoms with Gasteiger partial charge < -0.3 is 14.9 Å². The highest BCUT2D eigenvalue weighted by Crippen LogP contribution is 2.35. The van der Waals surface area contributed by atoms with Gasteiger partial charge in [0.1, 0.15) is 17.6 Å². The van der Waals surface area contributed by atoms with E-state index in [1.807, 2.05) is 0 Å². The van der Waals surface area contributed by atoms with E-state index in [2.05, 4.69) is 0 Å². The zero-order valence-corrected chi connectivity index (χ0v) is 10.7. The van der Waals surface area contributed by atoms with Gasteiger partial charge in [-0.2, -0.15) is 0 Å². The van der Waals surface area contributed by atoms with E-state index in [0.717, 1.165) is 0 Å². The number of ether oxygens (including phenoxy) is 1. The fourth-order valence-electron chi connectivity index (χ4n) is 2.28. The van der Waals surface area contributed by atoms with Crippen molar-refractivity contribution in [2.24, 2.45) is 11.8 Å². The summed E-state index contributed by atoms with van der Waals surface area (Å²) in [5.41, 5.74) is -0.758. The third-order valence-electron chi connectivity index (χ3n) is 2.97. The van der Waals surface area contributed by atoms with Gasteiger partial charge in [-0.3, -0.25) is 14.9 Å². The van der Waals surface area contributed by atoms with Crippen LogP contribution in [-0.2, 0) is 9.53 Å². The molecule has 0 aromatic rings. The Morgan fingerprint density at radius 1 is 1.50 bits per heavy atom. The lowest BCUT2D eigenvalue weighted by molar-refractivity contribution is -0.537. The number of carbonyl (C=O) groups excluding carboxylic acids is 1. The minimum atomic E-state index is -1.41. The Morgan fingerprint density at radius 2 is 2.06 bits per heavy atom. The molecule has 0 aromatic heterocycles. The number of hydrogen-bond acceptors (Lipinski definition) is 6. The average molecular weight is 261 g/mol. The number of aliphatic hydroxyl groups excluding tert-OH is 2. The predicted octanol–water partition coefficient (Wildman–Crippen LogP) is -0.0373. The van der Waals surface area contributed by atoms with Crippen molar-refractivity contribution >= 4 is 5.97 Å². The van der Waals surface area contributed by atoms with Crippen molar-refractivity contribution in [2.75, 3.05) is 6.61 Å². The van der Waals surface area contributed by atoms with Crippen LogP contribution < -0.4 is 0 Å². The fourth-order valence-corrected chi connectivity index (χ4v) is 2.28. The molecule has 1 aliphatic rings. The van der Waals surface area contributed by atoms with Gasteiger partial charge in [-0.15, -0.1) is 0 Å². The quantitative estimate of drug-likeness (QED) is 0.419. The summed E-state index contributed by atoms with van der Waals surface area (Å²) in [5, 5.41) is 29.7. The fraction of sp³-hybridized carbons (Fsp3) is 0.909. The summed E-state index contributed by atoms with van der Waals surface area (Å²) in [6.45, 7) is 4.59. The van der Waals surface area contributed by atoms with Crippen LogP contribution in [0.3, 0.4) is 0 Å². The number of carbonyl (C=O) groups is 1. The lowest BCUT2D eigenvalue weighted by Gasteiger charge is -2.24. The molecule has 104 valence electrons. The molecule has 7 heteroatoms. The molecule has 0 aromatic carbocycles. The number of esters is 1. The number of aliphatic hydroxyl groups is 2. The third kappa shape index (κ3) is 3.17. The third-order valence-corrected chi connectivity index (χ3v) is 2.97. The van der Waals surface area contributed by atoms with E-state index in [1.54, 1.807) is 20.8 Å². The zero-order valence-electron chi connectivity index (χ0n) is 10.7. The zero-order chi connectivity index (χ0) is 14.1. The molecule has 7 nitrogen and oxygen atoms in total. The van der Waals surface area contributed by atoms with Crippen LogP contribution in [0, 0.1) is 22.0 Å². The second kappa shape index (κ2) is 5.19. The molecule has 2 N–H and O–H groups in total. The van der Waals surface area contributed by atoms with Crippen molar-refractivity contribution in [1.82, 2.24) is 0 Å². The smallest absolute Gasteiger partial charge is 0.316 e. The maximum absolute atomic E-state index is 11.9. The van der Waals surface area contributed by atoms with Crippen molar-refractivity contribution in [3.8, 4) is 0 Å². The van der Waals surface area contributed by atoms with Crippen LogP contribution in [0.1, 0.15) is 27.2 Å². The van der Waals surface area contributed by atoms with Crippen LogP contribution in [0.4, 0.5) is 0 Å². The van der Waals surface area contributed by atoms with E-state index in [-0.39, 0.29) is 13.0 Å². The number of rotatable bonds is 3. The molecular formula is C11H19NO6. The van der Waals surface area contributed by atoms with Gasteiger partial charge in [-0.25, -0.2) is 0 Å². The normalized spacial score (nSPS) is 32.3. The summed E-state index contributed by atoms with van der Waals surface area (Å²) in [6, 6.07) is -1.41. The predicted molar refractivity (Wildman–Crippen MR) is 61.3 cm³/mol. The molecule has 1 saturated carbocycles. The van der Waals surface area contributed by atoms with E-state index >= 15 is 0 Å². The Labute approximate surface area is 105 Å². The van der Waals surface area contributed by atoms with Crippen LogP contribution in [0.5, 0.6) is 0 Å². The molecule has 1 rings (SSSR count). The highest BCUT2D eigenvalue weighted by atomic mass is 16.6. The summed E-state index contributed by atoms with van der Waals surface area (Å²) in [4.78, 5) is 22.2. The maximum Gasteiger partial charge on any atom is 0.316 e. The second-order valence-electron chi connectivity index (χ2n) is 5.58. The highest BCUT2D eigenvalue weighted by Gasteiger charge is 2.55. The Bertz CT molecular complexity index is 337. The first kappa shape index (κ1) is 14.8. The molecule has 1 aliphatic carbocycles. The average Bonchev–Trinajstić information content (AvgIpc) is 2.52. The molecule has 2 unspecified atom stereocenters. The van der Waals surface area contributed by atoms with Crippen LogP contribution in [0.25, 0.3) is 0 Å². The highest BCUT2D eigenvalue weighted by molar-refractivity contribution is 5.74. The van der Waals surface area contributed by atoms with Gasteiger partial charge >= 0.3 is 5.97 Å². The molecule has 1 fully saturated rings. The van der Waals surface area contributed by atoms with E-state index in [9.17, 15) is 20.0 Å². The van der Waals surface area contributed by atoms with Gasteiger partial charge in [-0.1, -0.05) is 0 Å². The molecule has 0 spiro atoms. The minimum absolute atomic E-state index is 0.0338. The maximum atomic E-state index is 11.9. The summed E-state index contributed by atoms with van der Waals surface area (Å²) < 4.78 is 5.12. The van der Waals surface area contributed by atoms with Crippen molar-refractivity contribution in [3.63, 3.8) is 0 Å². The minimum Gasteiger partial charge on any atom is -0.460 e. The molecular weight excluding hydrogens is 242 g/mol. The largest absolute Gasteiger partial charge is 0.460 e. The lowest BCUT2D eigenvalue weighted by Crippen LogP contribution is -2.42. The van der Waals surface area contributed by atoms with E-state index in [0.29, 0.717) is 0 Å². The Kier molecular flexibility index (Phi) is 4.28. The number of hydrogen-bond donors (Lipinski definition) is 2. The van der Waals surface area contributed by atoms with Crippen LogP contribution >= 0.6 is 0 Å². The summed E-state index contributed by atoms with van der Waals surface area (Å²) in [6.07, 6.45) is -1.19. The lowest BCUT2D eigenvalue weighted by atomic mass is 9.94. The van der Waals surface area contributed by atoms with Crippen LogP contribution in [0.15, 0.2) is 0 Å². The number of nitro groups is 1. The van der Waals surface area contributed by atoms with Gasteiger partial charge in [0.2, 0.25) is 0 Å². The molecule has 0 heterocycles. The van der Waals surface area contributed by atoms with Gasteiger partial charge in [0.05, 0.1) is 0 Å². The van der Waals surface area contributed by atoms with Crippen molar-refractivity contribution in [1.29, 1.82) is 0 Å². The standard InChI is InChI=1S/C11H19NO6/c1-11(2,3)18-10(15)8-6(5-13)4-7(14)9(8)12(16)17/h6-9,13-14H,4-5H2,1-3H3/t6-,7?,8+,9?/m0/s1. The first-order valence-corrected chi connectivity index (χ1v) is 5.82. The second-order valence-corrected chi connectivity index (χ2v) is 5.58. The summed E-state index contributed by atoms with van der Waals surface area (Å²) in [7, 11) is 0. The molecule has 0 aliphatic heterocycles. The molecule has 0 amide bonds. The first-order valence-electron chi connectivity index (χ1n) is 5.82. The molecule has 0 saturated heterocycles. The Balaban J connectivity index is 2.93. The van der Waals surface area contributed by atoms with Crippen LogP contribution in [-0.4, -0.2) is 45.5 Å². The first-order chi connectivity index (χ1) is 8.17. The van der Waals surface area contributed by atoms with Crippen molar-refractivity contribution in [2.45, 2.75) is 44.9 Å². The summed E-state index contributed by atoms with van der Waals surface area (Å²) >= 11 is 0. The van der Waals surface area contributed by atoms with Crippen molar-refractivity contribution < 1.29 is 24.7 Å². The molecule has 0 radical (unpaired) electrons. The summed E-state index contributed by atoms with van der Waals surface area (Å²) in [5.74, 6) is -2.47. The van der Waals surface area contributed by atoms with E-state index in [4.69, 9.17) is 9.84 Å². The topological polar surface area (TPSA) is 110 Å². The van der Waals surface area contributed by atoms with Gasteiger partial charge in [0, 0.05) is 17.4 Å². The van der Waals surface area contributed by atoms with Gasteiger partial charge in [-0.05, 0) is 27.2 Å². The number of nitrogens with zero attached hydrogens (tertiary/aromatic N) is 1. The van der Waals surface area contributed by atoms with Crippen molar-refractivity contribution in [3.05, 3.63) is 10.1 Å². The van der Waals surface area contributed by atoms with E-state index in [1.165, 1.54) is 0 Å². The Morgan fingerprint density at radius 3 is 2.44 bits per heavy atom. The molecule has 4 atom stereocenters. The molecule has 18 heavy (non-hydrogen) atoms. The van der Waals surface area contributed by atoms with Gasteiger partial charge in [0.25, 0.3) is 6.04 Å². The Hall–Kier alpha value is -1.21. The monoisotopic (exact) mass is 261 g/mol. The molecule has 0 bridgehead atoms. The van der Waals surface area contributed by atoms with Gasteiger partial charge in [0.15, 0.2) is 0 Å². The SMILES string of the molecule is CC(C)(C)OC(=O)[C@H]1C([N+](=O)[O-])C(O)C[C@H]1CO. The van der Waals surface area contributed by atoms with Crippen LogP contribution in [0.2, 0.25) is 0 Å². The van der Waals surface area contributed by atoms with E-state index < -0.39 is 40.5 Å².